The Morgan fingerprint density at radius 3 is 1.34 bits per heavy atom. The average molecular weight is 2470 g/mol. The zero-order valence-electron chi connectivity index (χ0n) is 48.6. The van der Waals surface area contributed by atoms with Crippen LogP contribution in [0.3, 0.4) is 0 Å². The number of fused-ring (bicyclic) bond motifs is 3. The van der Waals surface area contributed by atoms with E-state index >= 15 is 0 Å². The first-order valence-electron chi connectivity index (χ1n) is 28.1. The van der Waals surface area contributed by atoms with Gasteiger partial charge in [0.25, 0.3) is 17.7 Å². The van der Waals surface area contributed by atoms with E-state index in [-0.39, 0.29) is 37.0 Å². The van der Waals surface area contributed by atoms with Gasteiger partial charge in [-0.25, -0.2) is 25.3 Å². The van der Waals surface area contributed by atoms with E-state index < -0.39 is 180 Å². The first-order valence-corrected chi connectivity index (χ1v) is 42.5. The zero-order valence-corrected chi connectivity index (χ0v) is 70.5. The minimum atomic E-state index is -5.37. The van der Waals surface area contributed by atoms with Crippen molar-refractivity contribution in [1.82, 2.24) is 16.0 Å². The van der Waals surface area contributed by atoms with Crippen molar-refractivity contribution in [1.29, 1.82) is 0 Å². The summed E-state index contributed by atoms with van der Waals surface area (Å²) in [5.74, 6) is -17.1. The Morgan fingerprint density at radius 2 is 0.918 bits per heavy atom. The molecule has 3 amide bonds. The molecule has 9 rings (SSSR count). The average Bonchev–Trinajstić information content (AvgIpc) is 1.55. The first kappa shape index (κ1) is 84.9. The lowest BCUT2D eigenvalue weighted by Gasteiger charge is -2.32. The number of ether oxygens (including phenoxy) is 4. The van der Waals surface area contributed by atoms with Gasteiger partial charge in [0.15, 0.2) is 0 Å². The number of carbonyl (C=O) groups excluding carboxylic acids is 7. The third kappa shape index (κ3) is 22.6. The highest BCUT2D eigenvalue weighted by Gasteiger charge is 2.69. The summed E-state index contributed by atoms with van der Waals surface area (Å²) < 4.78 is 241. The molecule has 0 aromatic heterocycles. The summed E-state index contributed by atoms with van der Waals surface area (Å²) in [7, 11) is -15.9. The van der Waals surface area contributed by atoms with Crippen molar-refractivity contribution < 1.29 is 131 Å². The fraction of sp³-hybridized carbons (Fsp3) is 0.537. The minimum Gasteiger partial charge on any atom is -0.748 e. The Morgan fingerprint density at radius 1 is 0.510 bits per heavy atom. The van der Waals surface area contributed by atoms with Crippen molar-refractivity contribution in [2.24, 2.45) is 47.3 Å². The molecule has 544 valence electrons. The van der Waals surface area contributed by atoms with Crippen LogP contribution >= 0.6 is 203 Å². The zero-order chi connectivity index (χ0) is 73.6. The Hall–Kier alpha value is -0.380. The predicted molar refractivity (Wildman–Crippen MR) is 394 cm³/mol. The highest BCUT2D eigenvalue weighted by Crippen LogP contribution is 2.58. The summed E-state index contributed by atoms with van der Waals surface area (Å²) in [5.41, 5.74) is 1.27. The van der Waals surface area contributed by atoms with Gasteiger partial charge in [-0.15, -0.1) is 0 Å². The molecule has 6 fully saturated rings. The van der Waals surface area contributed by atoms with Gasteiger partial charge in [-0.2, -0.15) is 39.5 Å². The quantitative estimate of drug-likeness (QED) is 0.0266. The van der Waals surface area contributed by atoms with Crippen molar-refractivity contribution in [2.45, 2.75) is 112 Å². The number of halogens is 18. The van der Waals surface area contributed by atoms with Crippen molar-refractivity contribution >= 4 is 275 Å². The smallest absolute Gasteiger partial charge is 0.426 e. The lowest BCUT2D eigenvalue weighted by molar-refractivity contribution is -0.220. The molecule has 5 saturated carbocycles. The van der Waals surface area contributed by atoms with Crippen LogP contribution < -0.4 is 16.0 Å². The Labute approximate surface area is 675 Å². The van der Waals surface area contributed by atoms with Crippen molar-refractivity contribution in [3.63, 3.8) is 0 Å². The molecule has 5 aliphatic carbocycles. The fourth-order valence-corrected chi connectivity index (χ4v) is 21.7. The molecule has 0 radical (unpaired) electrons. The van der Waals surface area contributed by atoms with E-state index in [2.05, 4.69) is 166 Å². The van der Waals surface area contributed by atoms with E-state index in [4.69, 9.17) is 4.74 Å². The van der Waals surface area contributed by atoms with Gasteiger partial charge in [0.1, 0.15) is 6.10 Å². The molecule has 3 N–H and O–H groups in total. The maximum Gasteiger partial charge on any atom is 0.426 e. The Kier molecular flexibility index (Phi) is 29.3. The van der Waals surface area contributed by atoms with Crippen LogP contribution in [0.2, 0.25) is 0 Å². The molecular weight excluding hydrogens is 2420 g/mol. The number of hydrogen-bond acceptors (Lipinski definition) is 20. The number of hydrogen-bond donors (Lipinski definition) is 3. The monoisotopic (exact) mass is 2470 g/mol. The molecule has 3 aromatic rings. The van der Waals surface area contributed by atoms with Gasteiger partial charge in [-0.05, 0) is 302 Å². The number of benzene rings is 3. The second kappa shape index (κ2) is 33.8. The molecule has 15 unspecified atom stereocenters. The molecule has 3 aromatic carbocycles. The van der Waals surface area contributed by atoms with Crippen molar-refractivity contribution in [3.8, 4) is 0 Å². The number of carbonyl (C=O) groups is 7. The molecule has 1 saturated heterocycles. The fourth-order valence-electron chi connectivity index (χ4n) is 12.6. The molecule has 44 heteroatoms. The Bertz CT molecular complexity index is 4000. The predicted octanol–water partition coefficient (Wildman–Crippen LogP) is 9.90. The number of nitrogens with one attached hydrogen (secondary N) is 3. The van der Waals surface area contributed by atoms with Crippen LogP contribution in [0.15, 0.2) is 36.4 Å². The van der Waals surface area contributed by atoms with Crippen LogP contribution in [0.5, 0.6) is 0 Å². The maximum absolute atomic E-state index is 13.2. The van der Waals surface area contributed by atoms with Crippen LogP contribution in [-0.2, 0) is 68.5 Å². The standard InChI is InChI=1S/C19H15F3I3NO8S.C18H17F3I3NO6S.C17H17F3I3NO6S/c20-19(21,22)10(4-35(30,31)32)33-18(29)12-6-3-7-11(17(28)34-15(7)12)14(6)26-16(27)8-1-5(23)2-9(24)13(8)25;19-18(20,21)14(6-32(28,29)30)31-17(27)10-2-7-1-9(10)13(3-7)25-16(26)11-4-8(22)5-12(23)15(11)24;18-17(19,20)13(7-31(27,28)29)30-16(26)8-2-1-3-10(4-8)24-15(25)11-5-9(21)6-12(22)14(11)23/h1-2,6-7,10-12,14-15H,3-4H2,(H,26,27)(H,30,31,32);4-5,7,9-10,13-14H,1-3,6H2,(H,25,26)(H,28,29,30);5-6,8,10,13H,1-4,7H2,(H,24,25)(H,27,28,29)/p-3. The van der Waals surface area contributed by atoms with E-state index in [1.54, 1.807) is 18.2 Å². The largest absolute Gasteiger partial charge is 0.748 e. The second-order valence-corrected chi connectivity index (χ2v) is 38.1. The van der Waals surface area contributed by atoms with Crippen LogP contribution in [-0.4, -0.2) is 159 Å². The molecule has 1 heterocycles. The second-order valence-electron chi connectivity index (χ2n) is 23.3. The van der Waals surface area contributed by atoms with Gasteiger partial charge in [0.2, 0.25) is 18.3 Å². The Balaban J connectivity index is 0.000000207. The van der Waals surface area contributed by atoms with Gasteiger partial charge in [0, 0.05) is 56.2 Å². The van der Waals surface area contributed by atoms with Gasteiger partial charge in [-0.3, -0.25) is 33.6 Å². The molecule has 6 aliphatic rings. The lowest BCUT2D eigenvalue weighted by atomic mass is 9.78. The normalized spacial score (nSPS) is 25.9. The summed E-state index contributed by atoms with van der Waals surface area (Å²) in [6.07, 6.45) is -23.0. The highest BCUT2D eigenvalue weighted by atomic mass is 127. The van der Waals surface area contributed by atoms with Crippen molar-refractivity contribution in [3.05, 3.63) is 85.2 Å². The minimum absolute atomic E-state index is 0.0329. The third-order valence-electron chi connectivity index (χ3n) is 16.6. The van der Waals surface area contributed by atoms with Crippen LogP contribution in [0, 0.1) is 79.5 Å². The molecule has 15 atom stereocenters. The molecule has 0 spiro atoms. The highest BCUT2D eigenvalue weighted by molar-refractivity contribution is 14.1. The molecular formula is C54H46F9I9N3O20S3-3. The number of rotatable bonds is 18. The summed E-state index contributed by atoms with van der Waals surface area (Å²) in [6.45, 7) is 0. The van der Waals surface area contributed by atoms with E-state index in [0.717, 1.165) is 28.6 Å². The van der Waals surface area contributed by atoms with E-state index in [9.17, 15) is 112 Å². The summed E-state index contributed by atoms with van der Waals surface area (Å²) >= 11 is 18.6. The topological polar surface area (TPSA) is 364 Å². The van der Waals surface area contributed by atoms with E-state index in [0.29, 0.717) is 52.4 Å². The number of alkyl halides is 9. The van der Waals surface area contributed by atoms with E-state index in [1.165, 1.54) is 0 Å². The third-order valence-corrected chi connectivity index (χ3v) is 29.7. The first-order chi connectivity index (χ1) is 44.9. The number of amides is 3. The van der Waals surface area contributed by atoms with Crippen LogP contribution in [0.4, 0.5) is 39.5 Å². The number of esters is 4. The molecule has 23 nitrogen and oxygen atoms in total. The maximum atomic E-state index is 13.2. The molecule has 1 aliphatic heterocycles. The van der Waals surface area contributed by atoms with Crippen LogP contribution in [0.1, 0.15) is 82.4 Å². The summed E-state index contributed by atoms with van der Waals surface area (Å²) in [4.78, 5) is 88.7. The van der Waals surface area contributed by atoms with E-state index in [1.807, 2.05) is 86.0 Å². The molecule has 4 bridgehead atoms. The molecule has 98 heavy (non-hydrogen) atoms. The van der Waals surface area contributed by atoms with Gasteiger partial charge in [-0.1, -0.05) is 6.42 Å². The van der Waals surface area contributed by atoms with Crippen LogP contribution in [0.25, 0.3) is 0 Å². The van der Waals surface area contributed by atoms with Gasteiger partial charge >= 0.3 is 42.4 Å². The summed E-state index contributed by atoms with van der Waals surface area (Å²) in [6, 6.07) is 9.01. The van der Waals surface area contributed by atoms with Gasteiger partial charge < -0.3 is 48.6 Å². The lowest BCUT2D eigenvalue weighted by Crippen LogP contribution is -2.51. The SMILES string of the molecule is O=C(NC1C2CC3C(OC(=O)C31)C2C(=O)OC(CS(=O)(=O)[O-])C(F)(F)F)c1cc(I)cc(I)c1I.O=C(NC1CC2CC(C(=O)OC(CS(=O)(=O)[O-])C(F)(F)F)C1C2)c1cc(I)cc(I)c1I.O=C(NC1CCCC(C(=O)OC(CS(=O)(=O)[O-])C(F)(F)F)C1)c1cc(I)cc(I)c1I. The van der Waals surface area contributed by atoms with Gasteiger partial charge in [0.05, 0.1) is 88.0 Å². The van der Waals surface area contributed by atoms with Crippen molar-refractivity contribution in [2.75, 3.05) is 17.3 Å². The summed E-state index contributed by atoms with van der Waals surface area (Å²) in [5, 5.41) is 8.47.